The summed E-state index contributed by atoms with van der Waals surface area (Å²) in [6, 6.07) is 11.5. The summed E-state index contributed by atoms with van der Waals surface area (Å²) in [7, 11) is 3.46. The lowest BCUT2D eigenvalue weighted by molar-refractivity contribution is 0.0721. The summed E-state index contributed by atoms with van der Waals surface area (Å²) in [4.78, 5) is 28.6. The molecule has 3 rings (SSSR count). The van der Waals surface area contributed by atoms with Crippen LogP contribution in [0.15, 0.2) is 40.8 Å². The SMILES string of the molecule is CCN(Cc1ccc(C(=O)N(C)C)cc1)C(=O)c1oc2c(C)ccc(C)c2c1C. The van der Waals surface area contributed by atoms with E-state index in [9.17, 15) is 9.59 Å². The Balaban J connectivity index is 1.87. The first kappa shape index (κ1) is 20.6. The number of carbonyl (C=O) groups excluding carboxylic acids is 2. The molecule has 0 N–H and O–H groups in total. The van der Waals surface area contributed by atoms with Gasteiger partial charge in [0, 0.05) is 43.7 Å². The fourth-order valence-corrected chi connectivity index (χ4v) is 3.58. The van der Waals surface area contributed by atoms with Crippen LogP contribution in [0.2, 0.25) is 0 Å². The summed E-state index contributed by atoms with van der Waals surface area (Å²) < 4.78 is 6.03. The van der Waals surface area contributed by atoms with Crippen molar-refractivity contribution in [2.24, 2.45) is 0 Å². The van der Waals surface area contributed by atoms with Gasteiger partial charge in [-0.1, -0.05) is 24.3 Å². The van der Waals surface area contributed by atoms with E-state index in [2.05, 4.69) is 6.07 Å². The number of benzene rings is 2. The van der Waals surface area contributed by atoms with Gasteiger partial charge in [0.2, 0.25) is 0 Å². The standard InChI is InChI=1S/C24H28N2O3/c1-7-26(14-18-10-12-19(13-11-18)23(27)25(5)6)24(28)22-17(4)20-15(2)8-9-16(3)21(20)29-22/h8-13H,7,14H2,1-6H3. The van der Waals surface area contributed by atoms with Crippen LogP contribution in [-0.2, 0) is 6.54 Å². The summed E-state index contributed by atoms with van der Waals surface area (Å²) >= 11 is 0. The first-order valence-electron chi connectivity index (χ1n) is 9.83. The number of hydrogen-bond donors (Lipinski definition) is 0. The average Bonchev–Trinajstić information content (AvgIpc) is 3.07. The molecular formula is C24H28N2O3. The van der Waals surface area contributed by atoms with Crippen molar-refractivity contribution in [2.75, 3.05) is 20.6 Å². The Kier molecular flexibility index (Phi) is 5.78. The van der Waals surface area contributed by atoms with Gasteiger partial charge in [-0.3, -0.25) is 9.59 Å². The molecule has 0 saturated carbocycles. The zero-order valence-corrected chi connectivity index (χ0v) is 18.0. The minimum atomic E-state index is -0.117. The van der Waals surface area contributed by atoms with Crippen LogP contribution in [0.1, 0.15) is 50.1 Å². The number of amides is 2. The summed E-state index contributed by atoms with van der Waals surface area (Å²) in [6.07, 6.45) is 0. The average molecular weight is 392 g/mol. The fourth-order valence-electron chi connectivity index (χ4n) is 3.58. The van der Waals surface area contributed by atoms with Gasteiger partial charge in [-0.2, -0.15) is 0 Å². The van der Waals surface area contributed by atoms with Crippen molar-refractivity contribution in [3.63, 3.8) is 0 Å². The van der Waals surface area contributed by atoms with Crippen LogP contribution in [-0.4, -0.2) is 42.3 Å². The minimum Gasteiger partial charge on any atom is -0.450 e. The highest BCUT2D eigenvalue weighted by Crippen LogP contribution is 2.31. The number of aryl methyl sites for hydroxylation is 3. The second-order valence-electron chi connectivity index (χ2n) is 7.68. The summed E-state index contributed by atoms with van der Waals surface area (Å²) in [5, 5.41) is 1.02. The van der Waals surface area contributed by atoms with E-state index in [1.54, 1.807) is 36.0 Å². The smallest absolute Gasteiger partial charge is 0.290 e. The van der Waals surface area contributed by atoms with Crippen molar-refractivity contribution in [3.05, 3.63) is 70.0 Å². The van der Waals surface area contributed by atoms with Crippen LogP contribution in [0.3, 0.4) is 0 Å². The highest BCUT2D eigenvalue weighted by atomic mass is 16.3. The van der Waals surface area contributed by atoms with Crippen molar-refractivity contribution < 1.29 is 14.0 Å². The molecule has 2 aromatic carbocycles. The molecule has 0 aliphatic heterocycles. The molecule has 3 aromatic rings. The first-order chi connectivity index (χ1) is 13.7. The molecule has 0 aliphatic carbocycles. The van der Waals surface area contributed by atoms with E-state index in [1.165, 1.54) is 0 Å². The van der Waals surface area contributed by atoms with Crippen LogP contribution in [0.25, 0.3) is 11.0 Å². The van der Waals surface area contributed by atoms with Crippen molar-refractivity contribution in [3.8, 4) is 0 Å². The van der Waals surface area contributed by atoms with E-state index in [4.69, 9.17) is 4.42 Å². The second-order valence-corrected chi connectivity index (χ2v) is 7.68. The third-order valence-corrected chi connectivity index (χ3v) is 5.33. The van der Waals surface area contributed by atoms with Crippen molar-refractivity contribution in [1.29, 1.82) is 0 Å². The normalized spacial score (nSPS) is 11.0. The monoisotopic (exact) mass is 392 g/mol. The highest BCUT2D eigenvalue weighted by molar-refractivity contribution is 6.00. The molecule has 0 saturated heterocycles. The van der Waals surface area contributed by atoms with Gasteiger partial charge in [0.15, 0.2) is 5.76 Å². The van der Waals surface area contributed by atoms with Gasteiger partial charge >= 0.3 is 0 Å². The molecule has 0 bridgehead atoms. The molecular weight excluding hydrogens is 364 g/mol. The molecule has 0 fully saturated rings. The zero-order chi connectivity index (χ0) is 21.3. The minimum absolute atomic E-state index is 0.0383. The van der Waals surface area contributed by atoms with Crippen LogP contribution in [0.5, 0.6) is 0 Å². The molecule has 1 heterocycles. The third-order valence-electron chi connectivity index (χ3n) is 5.33. The lowest BCUT2D eigenvalue weighted by Crippen LogP contribution is -2.30. The molecule has 2 amide bonds. The first-order valence-corrected chi connectivity index (χ1v) is 9.83. The Morgan fingerprint density at radius 2 is 1.52 bits per heavy atom. The molecule has 0 spiro atoms. The van der Waals surface area contributed by atoms with Crippen molar-refractivity contribution in [1.82, 2.24) is 9.80 Å². The second kappa shape index (κ2) is 8.11. The largest absolute Gasteiger partial charge is 0.450 e. The zero-order valence-electron chi connectivity index (χ0n) is 18.0. The summed E-state index contributed by atoms with van der Waals surface area (Å²) in [5.41, 5.74) is 5.40. The molecule has 29 heavy (non-hydrogen) atoms. The maximum Gasteiger partial charge on any atom is 0.290 e. The molecule has 152 valence electrons. The van der Waals surface area contributed by atoms with Crippen LogP contribution < -0.4 is 0 Å². The van der Waals surface area contributed by atoms with E-state index < -0.39 is 0 Å². The van der Waals surface area contributed by atoms with Crippen LogP contribution >= 0.6 is 0 Å². The number of fused-ring (bicyclic) bond motifs is 1. The van der Waals surface area contributed by atoms with E-state index in [1.807, 2.05) is 45.9 Å². The van der Waals surface area contributed by atoms with E-state index in [-0.39, 0.29) is 11.8 Å². The van der Waals surface area contributed by atoms with E-state index in [0.29, 0.717) is 24.4 Å². The maximum absolute atomic E-state index is 13.2. The van der Waals surface area contributed by atoms with Gasteiger partial charge in [-0.05, 0) is 56.5 Å². The summed E-state index contributed by atoms with van der Waals surface area (Å²) in [6.45, 7) is 8.95. The lowest BCUT2D eigenvalue weighted by Gasteiger charge is -2.20. The number of carbonyl (C=O) groups is 2. The Labute approximate surface area is 171 Å². The van der Waals surface area contributed by atoms with Gasteiger partial charge in [0.1, 0.15) is 5.58 Å². The molecule has 1 aromatic heterocycles. The quantitative estimate of drug-likeness (QED) is 0.631. The van der Waals surface area contributed by atoms with Gasteiger partial charge in [-0.25, -0.2) is 0 Å². The molecule has 5 heteroatoms. The predicted molar refractivity (Wildman–Crippen MR) is 115 cm³/mol. The van der Waals surface area contributed by atoms with Crippen molar-refractivity contribution >= 4 is 22.8 Å². The Morgan fingerprint density at radius 1 is 0.897 bits per heavy atom. The number of hydrogen-bond acceptors (Lipinski definition) is 3. The van der Waals surface area contributed by atoms with E-state index >= 15 is 0 Å². The Morgan fingerprint density at radius 3 is 2.07 bits per heavy atom. The maximum atomic E-state index is 13.2. The third kappa shape index (κ3) is 3.90. The molecule has 0 atom stereocenters. The number of rotatable bonds is 5. The molecule has 5 nitrogen and oxygen atoms in total. The van der Waals surface area contributed by atoms with E-state index in [0.717, 1.165) is 33.2 Å². The highest BCUT2D eigenvalue weighted by Gasteiger charge is 2.24. The molecule has 0 unspecified atom stereocenters. The van der Waals surface area contributed by atoms with Crippen molar-refractivity contribution in [2.45, 2.75) is 34.2 Å². The summed E-state index contributed by atoms with van der Waals surface area (Å²) in [5.74, 6) is 0.246. The predicted octanol–water partition coefficient (Wildman–Crippen LogP) is 4.72. The van der Waals surface area contributed by atoms with Gasteiger partial charge in [-0.15, -0.1) is 0 Å². The number of furan rings is 1. The lowest BCUT2D eigenvalue weighted by atomic mass is 10.0. The van der Waals surface area contributed by atoms with Crippen LogP contribution in [0, 0.1) is 20.8 Å². The fraction of sp³-hybridized carbons (Fsp3) is 0.333. The van der Waals surface area contributed by atoms with Crippen LogP contribution in [0.4, 0.5) is 0 Å². The Bertz CT molecular complexity index is 1060. The topological polar surface area (TPSA) is 53.8 Å². The number of nitrogens with zero attached hydrogens (tertiary/aromatic N) is 2. The molecule has 0 aliphatic rings. The Hall–Kier alpha value is -3.08. The molecule has 0 radical (unpaired) electrons. The van der Waals surface area contributed by atoms with Gasteiger partial charge in [0.25, 0.3) is 11.8 Å². The van der Waals surface area contributed by atoms with Gasteiger partial charge < -0.3 is 14.2 Å². The van der Waals surface area contributed by atoms with Gasteiger partial charge in [0.05, 0.1) is 0 Å².